The molecule has 0 unspecified atom stereocenters. The maximum absolute atomic E-state index is 10.7. The predicted octanol–water partition coefficient (Wildman–Crippen LogP) is 1.72. The molecule has 0 aromatic heterocycles. The van der Waals surface area contributed by atoms with E-state index in [9.17, 15) is 8.42 Å². The average molecular weight is 280 g/mol. The number of benzene rings is 1. The zero-order valence-corrected chi connectivity index (χ0v) is 11.1. The Morgan fingerprint density at radius 3 is 2.29 bits per heavy atom. The fourth-order valence-corrected chi connectivity index (χ4v) is 1.65. The van der Waals surface area contributed by atoms with E-state index in [-0.39, 0.29) is 6.61 Å². The van der Waals surface area contributed by atoms with Gasteiger partial charge in [0.2, 0.25) is 0 Å². The lowest BCUT2D eigenvalue weighted by Crippen LogP contribution is -2.36. The second-order valence-electron chi connectivity index (χ2n) is 4.07. The summed E-state index contributed by atoms with van der Waals surface area (Å²) in [5.41, 5.74) is -0.819. The summed E-state index contributed by atoms with van der Waals surface area (Å²) >= 11 is 5.73. The molecule has 0 bridgehead atoms. The first-order chi connectivity index (χ1) is 7.68. The molecule has 0 radical (unpaired) electrons. The number of hydrogen-bond donors (Lipinski definition) is 1. The molecule has 7 heteroatoms. The lowest BCUT2D eigenvalue weighted by molar-refractivity contribution is 0.0547. The molecule has 17 heavy (non-hydrogen) atoms. The van der Waals surface area contributed by atoms with Gasteiger partial charge in [-0.3, -0.25) is 4.18 Å². The number of hydrogen-bond acceptors (Lipinski definition) is 4. The Morgan fingerprint density at radius 1 is 1.29 bits per heavy atom. The van der Waals surface area contributed by atoms with Gasteiger partial charge >= 0.3 is 10.3 Å². The van der Waals surface area contributed by atoms with Crippen molar-refractivity contribution in [1.29, 1.82) is 0 Å². The molecule has 0 saturated carbocycles. The third-order valence-electron chi connectivity index (χ3n) is 1.78. The molecule has 0 saturated heterocycles. The van der Waals surface area contributed by atoms with Crippen LogP contribution >= 0.6 is 11.6 Å². The number of ether oxygens (including phenoxy) is 1. The third kappa shape index (κ3) is 5.88. The molecule has 96 valence electrons. The van der Waals surface area contributed by atoms with Crippen molar-refractivity contribution in [2.75, 3.05) is 6.61 Å². The van der Waals surface area contributed by atoms with Crippen LogP contribution in [0.1, 0.15) is 13.8 Å². The highest BCUT2D eigenvalue weighted by Crippen LogP contribution is 2.21. The number of nitrogens with two attached hydrogens (primary N) is 1. The van der Waals surface area contributed by atoms with Crippen LogP contribution < -0.4 is 9.88 Å². The molecule has 0 fully saturated rings. The summed E-state index contributed by atoms with van der Waals surface area (Å²) in [6.07, 6.45) is 0. The van der Waals surface area contributed by atoms with E-state index in [1.165, 1.54) is 0 Å². The molecule has 1 aromatic rings. The van der Waals surface area contributed by atoms with Gasteiger partial charge in [0, 0.05) is 5.02 Å². The summed E-state index contributed by atoms with van der Waals surface area (Å²) in [5.74, 6) is 0.567. The van der Waals surface area contributed by atoms with E-state index in [0.29, 0.717) is 10.8 Å². The molecule has 1 rings (SSSR count). The maximum atomic E-state index is 10.7. The molecule has 0 aliphatic rings. The standard InChI is InChI=1S/C10H14ClNO4S/c1-10(2,7-15-17(12,13)14)16-9-5-3-8(11)4-6-9/h3-6H,7H2,1-2H3,(H2,12,13,14). The Hall–Kier alpha value is -0.820. The van der Waals surface area contributed by atoms with Crippen molar-refractivity contribution >= 4 is 21.9 Å². The largest absolute Gasteiger partial charge is 0.485 e. The lowest BCUT2D eigenvalue weighted by atomic mass is 10.1. The summed E-state index contributed by atoms with van der Waals surface area (Å²) in [6.45, 7) is 3.20. The van der Waals surface area contributed by atoms with Crippen molar-refractivity contribution in [2.24, 2.45) is 5.14 Å². The molecule has 0 heterocycles. The molecule has 0 spiro atoms. The summed E-state index contributed by atoms with van der Waals surface area (Å²) in [6, 6.07) is 6.71. The van der Waals surface area contributed by atoms with Gasteiger partial charge in [0.25, 0.3) is 0 Å². The Balaban J connectivity index is 2.63. The Bertz CT molecular complexity index is 470. The highest BCUT2D eigenvalue weighted by atomic mass is 35.5. The first-order valence-corrected chi connectivity index (χ1v) is 6.65. The first-order valence-electron chi connectivity index (χ1n) is 4.80. The number of halogens is 1. The Kier molecular flexibility index (Phi) is 4.37. The normalized spacial score (nSPS) is 12.5. The van der Waals surface area contributed by atoms with Crippen LogP contribution in [-0.4, -0.2) is 20.6 Å². The predicted molar refractivity (Wildman–Crippen MR) is 65.2 cm³/mol. The van der Waals surface area contributed by atoms with Gasteiger partial charge in [0.15, 0.2) is 0 Å². The van der Waals surface area contributed by atoms with Crippen LogP contribution in [0.15, 0.2) is 24.3 Å². The van der Waals surface area contributed by atoms with E-state index in [0.717, 1.165) is 0 Å². The van der Waals surface area contributed by atoms with E-state index >= 15 is 0 Å². The highest BCUT2D eigenvalue weighted by Gasteiger charge is 2.22. The van der Waals surface area contributed by atoms with E-state index in [2.05, 4.69) is 4.18 Å². The topological polar surface area (TPSA) is 78.6 Å². The molecule has 5 nitrogen and oxygen atoms in total. The van der Waals surface area contributed by atoms with Gasteiger partial charge in [-0.15, -0.1) is 0 Å². The van der Waals surface area contributed by atoms with E-state index in [1.54, 1.807) is 38.1 Å². The molecule has 0 aliphatic carbocycles. The fraction of sp³-hybridized carbons (Fsp3) is 0.400. The van der Waals surface area contributed by atoms with E-state index in [4.69, 9.17) is 21.5 Å². The average Bonchev–Trinajstić information content (AvgIpc) is 2.18. The van der Waals surface area contributed by atoms with Gasteiger partial charge in [-0.25, -0.2) is 5.14 Å². The van der Waals surface area contributed by atoms with Gasteiger partial charge in [-0.2, -0.15) is 8.42 Å². The van der Waals surface area contributed by atoms with Crippen LogP contribution in [0.25, 0.3) is 0 Å². The van der Waals surface area contributed by atoms with Crippen molar-refractivity contribution in [2.45, 2.75) is 19.4 Å². The van der Waals surface area contributed by atoms with Crippen LogP contribution in [0.5, 0.6) is 5.75 Å². The minimum absolute atomic E-state index is 0.172. The molecule has 0 amide bonds. The van der Waals surface area contributed by atoms with Crippen molar-refractivity contribution in [3.8, 4) is 5.75 Å². The minimum Gasteiger partial charge on any atom is -0.485 e. The summed E-state index contributed by atoms with van der Waals surface area (Å²) in [7, 11) is -3.96. The lowest BCUT2D eigenvalue weighted by Gasteiger charge is -2.25. The molecular weight excluding hydrogens is 266 g/mol. The smallest absolute Gasteiger partial charge is 0.333 e. The van der Waals surface area contributed by atoms with Crippen LogP contribution in [0.4, 0.5) is 0 Å². The van der Waals surface area contributed by atoms with Crippen LogP contribution in [-0.2, 0) is 14.5 Å². The van der Waals surface area contributed by atoms with Gasteiger partial charge < -0.3 is 4.74 Å². The SMILES string of the molecule is CC(C)(COS(N)(=O)=O)Oc1ccc(Cl)cc1. The minimum atomic E-state index is -3.96. The van der Waals surface area contributed by atoms with E-state index in [1.807, 2.05) is 0 Å². The Morgan fingerprint density at radius 2 is 1.82 bits per heavy atom. The monoisotopic (exact) mass is 279 g/mol. The van der Waals surface area contributed by atoms with Gasteiger partial charge in [-0.05, 0) is 38.1 Å². The third-order valence-corrected chi connectivity index (χ3v) is 2.48. The van der Waals surface area contributed by atoms with Gasteiger partial charge in [0.05, 0.1) is 0 Å². The summed E-state index contributed by atoms with van der Waals surface area (Å²) in [5, 5.41) is 5.33. The van der Waals surface area contributed by atoms with Crippen molar-refractivity contribution < 1.29 is 17.3 Å². The highest BCUT2D eigenvalue weighted by molar-refractivity contribution is 7.84. The zero-order valence-electron chi connectivity index (χ0n) is 9.51. The Labute approximate surface area is 106 Å². The second-order valence-corrected chi connectivity index (χ2v) is 5.73. The van der Waals surface area contributed by atoms with Gasteiger partial charge in [-0.1, -0.05) is 11.6 Å². The van der Waals surface area contributed by atoms with Crippen LogP contribution in [0, 0.1) is 0 Å². The fourth-order valence-electron chi connectivity index (χ4n) is 1.08. The van der Waals surface area contributed by atoms with E-state index < -0.39 is 15.9 Å². The van der Waals surface area contributed by atoms with Crippen molar-refractivity contribution in [3.05, 3.63) is 29.3 Å². The van der Waals surface area contributed by atoms with Crippen LogP contribution in [0.2, 0.25) is 5.02 Å². The zero-order chi connectivity index (χ0) is 13.1. The molecular formula is C10H14ClNO4S. The maximum Gasteiger partial charge on any atom is 0.333 e. The van der Waals surface area contributed by atoms with Crippen molar-refractivity contribution in [1.82, 2.24) is 0 Å². The quantitative estimate of drug-likeness (QED) is 0.890. The van der Waals surface area contributed by atoms with Gasteiger partial charge in [0.1, 0.15) is 18.0 Å². The molecule has 0 atom stereocenters. The van der Waals surface area contributed by atoms with Crippen LogP contribution in [0.3, 0.4) is 0 Å². The number of rotatable bonds is 5. The summed E-state index contributed by atoms with van der Waals surface area (Å²) < 4.78 is 31.4. The molecule has 1 aromatic carbocycles. The summed E-state index contributed by atoms with van der Waals surface area (Å²) in [4.78, 5) is 0. The molecule has 0 aliphatic heterocycles. The van der Waals surface area contributed by atoms with Crippen molar-refractivity contribution in [3.63, 3.8) is 0 Å². The molecule has 2 N–H and O–H groups in total. The second kappa shape index (κ2) is 5.22. The first kappa shape index (κ1) is 14.2.